The first-order valence-corrected chi connectivity index (χ1v) is 10.1. The molecule has 1 heterocycles. The first-order chi connectivity index (χ1) is 12.4. The lowest BCUT2D eigenvalue weighted by Gasteiger charge is -2.21. The third-order valence-electron chi connectivity index (χ3n) is 4.56. The lowest BCUT2D eigenvalue weighted by molar-refractivity contribution is -0.133. The molecule has 0 spiro atoms. The van der Waals surface area contributed by atoms with Crippen LogP contribution in [0.15, 0.2) is 24.3 Å². The third kappa shape index (κ3) is 5.43. The van der Waals surface area contributed by atoms with E-state index in [0.717, 1.165) is 34.2 Å². The standard InChI is InChI=1S/C19H26IN3O3/c1-3-4-5-6-7-12-19(2)17(25)23(18(26)22-19)13-16(24)21-15-10-8-14(20)9-11-15/h8-11H,3-7,12-13H2,1-2H3,(H,21,24)(H,22,26). The van der Waals surface area contributed by atoms with Crippen LogP contribution in [-0.2, 0) is 9.59 Å². The van der Waals surface area contributed by atoms with E-state index < -0.39 is 11.6 Å². The van der Waals surface area contributed by atoms with E-state index in [0.29, 0.717) is 12.1 Å². The van der Waals surface area contributed by atoms with E-state index >= 15 is 0 Å². The van der Waals surface area contributed by atoms with Gasteiger partial charge in [-0.05, 0) is 60.2 Å². The second-order valence-corrected chi connectivity index (χ2v) is 8.12. The molecule has 1 aromatic rings. The second kappa shape index (κ2) is 9.34. The Bertz CT molecular complexity index is 662. The molecule has 1 aromatic carbocycles. The molecule has 0 bridgehead atoms. The number of anilines is 1. The SMILES string of the molecule is CCCCCCCC1(C)NC(=O)N(CC(=O)Nc2ccc(I)cc2)C1=O. The van der Waals surface area contributed by atoms with Crippen LogP contribution < -0.4 is 10.6 Å². The molecule has 2 rings (SSSR count). The highest BCUT2D eigenvalue weighted by Gasteiger charge is 2.47. The summed E-state index contributed by atoms with van der Waals surface area (Å²) < 4.78 is 1.06. The highest BCUT2D eigenvalue weighted by molar-refractivity contribution is 14.1. The van der Waals surface area contributed by atoms with Gasteiger partial charge in [0.15, 0.2) is 0 Å². The predicted molar refractivity (Wildman–Crippen MR) is 110 cm³/mol. The molecule has 26 heavy (non-hydrogen) atoms. The van der Waals surface area contributed by atoms with Gasteiger partial charge in [-0.25, -0.2) is 4.79 Å². The maximum absolute atomic E-state index is 12.7. The molecule has 1 aliphatic rings. The predicted octanol–water partition coefficient (Wildman–Crippen LogP) is 3.90. The van der Waals surface area contributed by atoms with Crippen molar-refractivity contribution in [1.82, 2.24) is 10.2 Å². The van der Waals surface area contributed by atoms with Crippen LogP contribution in [0.2, 0.25) is 0 Å². The van der Waals surface area contributed by atoms with E-state index in [1.54, 1.807) is 19.1 Å². The van der Waals surface area contributed by atoms with Gasteiger partial charge in [-0.2, -0.15) is 0 Å². The number of hydrogen-bond acceptors (Lipinski definition) is 3. The number of halogens is 1. The van der Waals surface area contributed by atoms with Crippen molar-refractivity contribution in [1.29, 1.82) is 0 Å². The molecule has 1 fully saturated rings. The summed E-state index contributed by atoms with van der Waals surface area (Å²) in [6.45, 7) is 3.62. The molecule has 1 aliphatic heterocycles. The van der Waals surface area contributed by atoms with E-state index in [4.69, 9.17) is 0 Å². The average molecular weight is 471 g/mol. The smallest absolute Gasteiger partial charge is 0.325 e. The van der Waals surface area contributed by atoms with Crippen molar-refractivity contribution in [3.63, 3.8) is 0 Å². The van der Waals surface area contributed by atoms with Crippen molar-refractivity contribution >= 4 is 46.1 Å². The number of urea groups is 1. The number of nitrogens with one attached hydrogen (secondary N) is 2. The van der Waals surface area contributed by atoms with Gasteiger partial charge in [-0.3, -0.25) is 14.5 Å². The molecule has 0 aliphatic carbocycles. The average Bonchev–Trinajstić information content (AvgIpc) is 2.80. The fourth-order valence-electron chi connectivity index (χ4n) is 3.02. The molecule has 4 amide bonds. The fourth-order valence-corrected chi connectivity index (χ4v) is 3.38. The van der Waals surface area contributed by atoms with E-state index in [1.165, 1.54) is 6.42 Å². The molecule has 6 nitrogen and oxygen atoms in total. The molecule has 1 atom stereocenters. The molecule has 1 saturated heterocycles. The zero-order valence-electron chi connectivity index (χ0n) is 15.3. The topological polar surface area (TPSA) is 78.5 Å². The molecular weight excluding hydrogens is 445 g/mol. The fraction of sp³-hybridized carbons (Fsp3) is 0.526. The van der Waals surface area contributed by atoms with Crippen LogP contribution in [0.1, 0.15) is 52.4 Å². The van der Waals surface area contributed by atoms with Crippen LogP contribution in [0.4, 0.5) is 10.5 Å². The molecule has 0 saturated carbocycles. The van der Waals surface area contributed by atoms with E-state index in [-0.39, 0.29) is 18.4 Å². The minimum Gasteiger partial charge on any atom is -0.325 e. The number of rotatable bonds is 9. The first kappa shape index (κ1) is 20.7. The van der Waals surface area contributed by atoms with Gasteiger partial charge in [0.1, 0.15) is 12.1 Å². The molecule has 2 N–H and O–H groups in total. The minimum atomic E-state index is -0.910. The van der Waals surface area contributed by atoms with E-state index in [1.807, 2.05) is 12.1 Å². The van der Waals surface area contributed by atoms with Gasteiger partial charge >= 0.3 is 6.03 Å². The van der Waals surface area contributed by atoms with Crippen molar-refractivity contribution < 1.29 is 14.4 Å². The molecule has 0 radical (unpaired) electrons. The number of carbonyl (C=O) groups is 3. The second-order valence-electron chi connectivity index (χ2n) is 6.87. The number of nitrogens with zero attached hydrogens (tertiary/aromatic N) is 1. The van der Waals surface area contributed by atoms with Gasteiger partial charge in [-0.1, -0.05) is 39.0 Å². The van der Waals surface area contributed by atoms with Crippen LogP contribution in [-0.4, -0.2) is 34.8 Å². The summed E-state index contributed by atoms with van der Waals surface area (Å²) in [5.74, 6) is -0.711. The Morgan fingerprint density at radius 2 is 1.81 bits per heavy atom. The summed E-state index contributed by atoms with van der Waals surface area (Å²) in [4.78, 5) is 38.0. The molecular formula is C19H26IN3O3. The normalized spacial score (nSPS) is 19.6. The first-order valence-electron chi connectivity index (χ1n) is 9.05. The highest BCUT2D eigenvalue weighted by atomic mass is 127. The van der Waals surface area contributed by atoms with Crippen LogP contribution in [0.3, 0.4) is 0 Å². The van der Waals surface area contributed by atoms with Gasteiger partial charge in [-0.15, -0.1) is 0 Å². The van der Waals surface area contributed by atoms with Crippen molar-refractivity contribution in [2.75, 3.05) is 11.9 Å². The number of imide groups is 1. The quantitative estimate of drug-likeness (QED) is 0.326. The largest absolute Gasteiger partial charge is 0.325 e. The molecule has 0 aromatic heterocycles. The maximum Gasteiger partial charge on any atom is 0.325 e. The third-order valence-corrected chi connectivity index (χ3v) is 5.27. The van der Waals surface area contributed by atoms with Crippen LogP contribution >= 0.6 is 22.6 Å². The van der Waals surface area contributed by atoms with Gasteiger partial charge in [0.05, 0.1) is 0 Å². The summed E-state index contributed by atoms with van der Waals surface area (Å²) >= 11 is 2.18. The Morgan fingerprint density at radius 3 is 2.46 bits per heavy atom. The van der Waals surface area contributed by atoms with Crippen molar-refractivity contribution in [2.45, 2.75) is 57.9 Å². The zero-order chi connectivity index (χ0) is 19.2. The Morgan fingerprint density at radius 1 is 1.15 bits per heavy atom. The summed E-state index contributed by atoms with van der Waals surface area (Å²) in [6.07, 6.45) is 6.00. The molecule has 1 unspecified atom stereocenters. The lowest BCUT2D eigenvalue weighted by atomic mass is 9.94. The number of benzene rings is 1. The summed E-state index contributed by atoms with van der Waals surface area (Å²) in [7, 11) is 0. The number of carbonyl (C=O) groups excluding carboxylic acids is 3. The molecule has 7 heteroatoms. The Balaban J connectivity index is 1.89. The Labute approximate surface area is 168 Å². The number of hydrogen-bond donors (Lipinski definition) is 2. The van der Waals surface area contributed by atoms with Crippen molar-refractivity contribution in [3.05, 3.63) is 27.8 Å². The Hall–Kier alpha value is -1.64. The van der Waals surface area contributed by atoms with Gasteiger partial charge < -0.3 is 10.6 Å². The van der Waals surface area contributed by atoms with Gasteiger partial charge in [0, 0.05) is 9.26 Å². The van der Waals surface area contributed by atoms with E-state index in [2.05, 4.69) is 40.1 Å². The van der Waals surface area contributed by atoms with Gasteiger partial charge in [0.25, 0.3) is 5.91 Å². The summed E-state index contributed by atoms with van der Waals surface area (Å²) in [5, 5.41) is 5.47. The van der Waals surface area contributed by atoms with Crippen LogP contribution in [0.25, 0.3) is 0 Å². The summed E-state index contributed by atoms with van der Waals surface area (Å²) in [6, 6.07) is 6.82. The number of amides is 4. The van der Waals surface area contributed by atoms with Crippen molar-refractivity contribution in [3.8, 4) is 0 Å². The van der Waals surface area contributed by atoms with Crippen molar-refractivity contribution in [2.24, 2.45) is 0 Å². The highest BCUT2D eigenvalue weighted by Crippen LogP contribution is 2.24. The minimum absolute atomic E-state index is 0.276. The number of unbranched alkanes of at least 4 members (excludes halogenated alkanes) is 4. The monoisotopic (exact) mass is 471 g/mol. The maximum atomic E-state index is 12.7. The summed E-state index contributed by atoms with van der Waals surface area (Å²) in [5.41, 5.74) is -0.270. The van der Waals surface area contributed by atoms with Crippen LogP contribution in [0.5, 0.6) is 0 Å². The van der Waals surface area contributed by atoms with Crippen LogP contribution in [0, 0.1) is 3.57 Å². The lowest BCUT2D eigenvalue weighted by Crippen LogP contribution is -2.44. The Kier molecular flexibility index (Phi) is 7.43. The molecule has 142 valence electrons. The zero-order valence-corrected chi connectivity index (χ0v) is 17.5. The van der Waals surface area contributed by atoms with Gasteiger partial charge in [0.2, 0.25) is 5.91 Å². The van der Waals surface area contributed by atoms with E-state index in [9.17, 15) is 14.4 Å².